The van der Waals surface area contributed by atoms with Crippen LogP contribution in [0.3, 0.4) is 0 Å². The topological polar surface area (TPSA) is 142 Å². The first kappa shape index (κ1) is 55.5. The van der Waals surface area contributed by atoms with Gasteiger partial charge in [0, 0.05) is 12.8 Å². The number of hydrogen-bond donors (Lipinski definition) is 4. The number of unbranched alkanes of at least 4 members (excludes halogenated alkanes) is 9. The number of carboxylic acids is 1. The van der Waals surface area contributed by atoms with E-state index in [4.69, 9.17) is 14.9 Å². The van der Waals surface area contributed by atoms with Gasteiger partial charge in [-0.15, -0.1) is 0 Å². The fourth-order valence-electron chi connectivity index (χ4n) is 5.83. The first-order chi connectivity index (χ1) is 29.3. The zero-order valence-corrected chi connectivity index (χ0v) is 37.2. The van der Waals surface area contributed by atoms with Crippen molar-refractivity contribution in [1.29, 1.82) is 0 Å². The molecule has 0 rings (SSSR count). The number of amides is 2. The Labute approximate surface area is 363 Å². The molecule has 0 aromatic rings. The third-order valence-electron chi connectivity index (χ3n) is 9.25. The monoisotopic (exact) mass is 833 g/mol. The second kappa shape index (κ2) is 44.1. The lowest BCUT2D eigenvalue weighted by atomic mass is 10.1. The van der Waals surface area contributed by atoms with Crippen LogP contribution in [-0.4, -0.2) is 59.3 Å². The molecular formula is C51H80N2O7. The van der Waals surface area contributed by atoms with E-state index in [9.17, 15) is 19.2 Å². The van der Waals surface area contributed by atoms with Gasteiger partial charge in [-0.05, 0) is 102 Å². The number of allylic oxidation sites excluding steroid dienone is 17. The van der Waals surface area contributed by atoms with Crippen molar-refractivity contribution < 1.29 is 34.1 Å². The highest BCUT2D eigenvalue weighted by Gasteiger charge is 2.18. The van der Waals surface area contributed by atoms with Gasteiger partial charge in [-0.25, -0.2) is 4.79 Å². The molecule has 0 saturated carbocycles. The van der Waals surface area contributed by atoms with Crippen LogP contribution >= 0.6 is 0 Å². The molecule has 2 unspecified atom stereocenters. The summed E-state index contributed by atoms with van der Waals surface area (Å²) in [5, 5.41) is 22.5. The van der Waals surface area contributed by atoms with Crippen molar-refractivity contribution in [3.63, 3.8) is 0 Å². The van der Waals surface area contributed by atoms with Crippen LogP contribution in [0, 0.1) is 0 Å². The van der Waals surface area contributed by atoms with Crippen LogP contribution in [0.5, 0.6) is 0 Å². The van der Waals surface area contributed by atoms with Gasteiger partial charge < -0.3 is 25.6 Å². The summed E-state index contributed by atoms with van der Waals surface area (Å²) in [6, 6.07) is -1.40. The average molecular weight is 833 g/mol. The lowest BCUT2D eigenvalue weighted by Crippen LogP contribution is -2.47. The van der Waals surface area contributed by atoms with Crippen molar-refractivity contribution in [3.05, 3.63) is 109 Å². The molecule has 336 valence electrons. The largest absolute Gasteiger partial charge is 0.480 e. The lowest BCUT2D eigenvalue weighted by molar-refractivity contribution is -0.147. The van der Waals surface area contributed by atoms with E-state index in [1.165, 1.54) is 0 Å². The van der Waals surface area contributed by atoms with Gasteiger partial charge in [-0.3, -0.25) is 14.4 Å². The molecule has 0 aromatic heterocycles. The van der Waals surface area contributed by atoms with Crippen molar-refractivity contribution in [2.75, 3.05) is 13.2 Å². The highest BCUT2D eigenvalue weighted by atomic mass is 16.5. The normalized spacial score (nSPS) is 13.5. The molecule has 0 aliphatic carbocycles. The molecule has 60 heavy (non-hydrogen) atoms. The minimum atomic E-state index is -1.40. The highest BCUT2D eigenvalue weighted by Crippen LogP contribution is 2.15. The number of aliphatic hydroxyl groups is 1. The van der Waals surface area contributed by atoms with Gasteiger partial charge >= 0.3 is 11.9 Å². The predicted octanol–water partition coefficient (Wildman–Crippen LogP) is 11.6. The first-order valence-electron chi connectivity index (χ1n) is 22.8. The highest BCUT2D eigenvalue weighted by molar-refractivity contribution is 5.87. The summed E-state index contributed by atoms with van der Waals surface area (Å²) in [6.07, 6.45) is 59.9. The van der Waals surface area contributed by atoms with Crippen LogP contribution in [-0.2, 0) is 23.9 Å². The fraction of sp³-hybridized carbons (Fsp3) is 0.569. The fourth-order valence-corrected chi connectivity index (χ4v) is 5.83. The van der Waals surface area contributed by atoms with Gasteiger partial charge in [0.15, 0.2) is 0 Å². The summed E-state index contributed by atoms with van der Waals surface area (Å²) in [5.74, 6) is -2.44. The van der Waals surface area contributed by atoms with Crippen molar-refractivity contribution in [2.45, 2.75) is 174 Å². The van der Waals surface area contributed by atoms with Crippen LogP contribution in [0.15, 0.2) is 109 Å². The summed E-state index contributed by atoms with van der Waals surface area (Å²) in [4.78, 5) is 47.6. The predicted molar refractivity (Wildman–Crippen MR) is 249 cm³/mol. The van der Waals surface area contributed by atoms with E-state index in [1.807, 2.05) is 6.08 Å². The molecule has 0 heterocycles. The summed E-state index contributed by atoms with van der Waals surface area (Å²) >= 11 is 0. The molecule has 0 saturated heterocycles. The molecular weight excluding hydrogens is 753 g/mol. The summed E-state index contributed by atoms with van der Waals surface area (Å²) < 4.78 is 5.91. The van der Waals surface area contributed by atoms with Gasteiger partial charge in [-0.2, -0.15) is 0 Å². The summed E-state index contributed by atoms with van der Waals surface area (Å²) in [6.45, 7) is 3.21. The second-order valence-electron chi connectivity index (χ2n) is 14.7. The number of aliphatic hydroxyl groups excluding tert-OH is 1. The number of carbonyl (C=O) groups is 4. The Morgan fingerprint density at radius 3 is 1.45 bits per heavy atom. The molecule has 0 aliphatic heterocycles. The van der Waals surface area contributed by atoms with Crippen LogP contribution < -0.4 is 10.6 Å². The van der Waals surface area contributed by atoms with Crippen LogP contribution in [0.1, 0.15) is 162 Å². The standard InChI is InChI=1S/C51H80N2O7/c1-3-5-7-9-11-13-15-16-17-18-19-20-21-22-23-24-26-28-30-35-39-43-50(57)60-46(40-36-32-29-27-25-14-12-10-8-6-4-2)41-37-33-31-34-38-42-48(55)52-44-49(56)53-47(45-54)51(58)59/h5-8,11-14,16-17,19-20,22-23,27,29,36,40,46-47,54H,3-4,9-10,15,18,21,24-26,28,30-35,37-39,41-45H2,1-2H3,(H,52,55)(H,53,56)(H,58,59)/b7-5-,8-6-,13-11-,14-12-,17-16-,20-19-,23-22-,29-27-,40-36-. The van der Waals surface area contributed by atoms with E-state index in [1.54, 1.807) is 0 Å². The molecule has 9 heteroatoms. The maximum atomic E-state index is 12.8. The quantitative estimate of drug-likeness (QED) is 0.0274. The Kier molecular flexibility index (Phi) is 40.8. The molecule has 4 N–H and O–H groups in total. The Balaban J connectivity index is 4.42. The molecule has 0 aliphatic rings. The van der Waals surface area contributed by atoms with Crippen LogP contribution in [0.2, 0.25) is 0 Å². The zero-order valence-electron chi connectivity index (χ0n) is 37.2. The Morgan fingerprint density at radius 2 is 0.950 bits per heavy atom. The maximum Gasteiger partial charge on any atom is 0.328 e. The van der Waals surface area contributed by atoms with Crippen LogP contribution in [0.4, 0.5) is 0 Å². The Hall–Kier alpha value is -4.50. The molecule has 0 bridgehead atoms. The number of esters is 1. The number of hydrogen-bond acceptors (Lipinski definition) is 6. The molecule has 0 aromatic carbocycles. The van der Waals surface area contributed by atoms with Crippen LogP contribution in [0.25, 0.3) is 0 Å². The van der Waals surface area contributed by atoms with Crippen molar-refractivity contribution in [3.8, 4) is 0 Å². The zero-order chi connectivity index (χ0) is 44.0. The number of aliphatic carboxylic acids is 1. The molecule has 9 nitrogen and oxygen atoms in total. The first-order valence-corrected chi connectivity index (χ1v) is 22.8. The van der Waals surface area contributed by atoms with E-state index >= 15 is 0 Å². The summed E-state index contributed by atoms with van der Waals surface area (Å²) in [7, 11) is 0. The lowest BCUT2D eigenvalue weighted by Gasteiger charge is -2.15. The van der Waals surface area contributed by atoms with Crippen molar-refractivity contribution >= 4 is 23.8 Å². The molecule has 0 fully saturated rings. The number of carboxylic acid groups (broad SMARTS) is 1. The summed E-state index contributed by atoms with van der Waals surface area (Å²) in [5.41, 5.74) is 0. The van der Waals surface area contributed by atoms with Gasteiger partial charge in [0.2, 0.25) is 11.8 Å². The Morgan fingerprint density at radius 1 is 0.517 bits per heavy atom. The van der Waals surface area contributed by atoms with Crippen molar-refractivity contribution in [1.82, 2.24) is 10.6 Å². The smallest absolute Gasteiger partial charge is 0.328 e. The molecule has 2 atom stereocenters. The van der Waals surface area contributed by atoms with E-state index in [2.05, 4.69) is 128 Å². The van der Waals surface area contributed by atoms with Gasteiger partial charge in [0.25, 0.3) is 0 Å². The molecule has 2 amide bonds. The SMILES string of the molecule is CC/C=C\C/C=C\C/C=C\C/C=C\C/C=C\CCCCCCCC(=O)OC(/C=C\C/C=C\C/C=C\C/C=C\CC)CCCCCCCC(=O)NCC(=O)NC(CO)C(=O)O. The average Bonchev–Trinajstić information content (AvgIpc) is 3.23. The van der Waals surface area contributed by atoms with Gasteiger partial charge in [0.05, 0.1) is 13.2 Å². The van der Waals surface area contributed by atoms with E-state index in [-0.39, 0.29) is 30.9 Å². The molecule has 0 spiro atoms. The minimum Gasteiger partial charge on any atom is -0.480 e. The van der Waals surface area contributed by atoms with E-state index < -0.39 is 24.5 Å². The second-order valence-corrected chi connectivity index (χ2v) is 14.7. The van der Waals surface area contributed by atoms with E-state index in [0.717, 1.165) is 128 Å². The van der Waals surface area contributed by atoms with Crippen molar-refractivity contribution in [2.24, 2.45) is 0 Å². The Bertz CT molecular complexity index is 1370. The third-order valence-corrected chi connectivity index (χ3v) is 9.25. The van der Waals surface area contributed by atoms with Gasteiger partial charge in [0.1, 0.15) is 12.1 Å². The maximum absolute atomic E-state index is 12.8. The minimum absolute atomic E-state index is 0.143. The molecule has 0 radical (unpaired) electrons. The van der Waals surface area contributed by atoms with E-state index in [0.29, 0.717) is 12.8 Å². The van der Waals surface area contributed by atoms with Gasteiger partial charge in [-0.1, -0.05) is 156 Å². The number of ether oxygens (including phenoxy) is 1. The third kappa shape index (κ3) is 40.3. The number of nitrogens with one attached hydrogen (secondary N) is 2. The number of carbonyl (C=O) groups excluding carboxylic acids is 3. The number of rotatable bonds is 39.